The van der Waals surface area contributed by atoms with E-state index in [1.165, 1.54) is 38.0 Å². The van der Waals surface area contributed by atoms with Crippen LogP contribution in [0.4, 0.5) is 5.82 Å². The Hall–Kier alpha value is -2.18. The fraction of sp³-hybridized carbons (Fsp3) is 0.545. The van der Waals surface area contributed by atoms with Gasteiger partial charge in [0.15, 0.2) is 5.82 Å². The van der Waals surface area contributed by atoms with Crippen LogP contribution in [0.2, 0.25) is 0 Å². The van der Waals surface area contributed by atoms with E-state index in [4.69, 9.17) is 0 Å². The maximum Gasteiger partial charge on any atom is 0.152 e. The second kappa shape index (κ2) is 7.33. The highest BCUT2D eigenvalue weighted by molar-refractivity contribution is 5.69. The lowest BCUT2D eigenvalue weighted by atomic mass is 9.74. The highest BCUT2D eigenvalue weighted by Crippen LogP contribution is 2.44. The highest BCUT2D eigenvalue weighted by atomic mass is 16.3. The van der Waals surface area contributed by atoms with Crippen LogP contribution in [-0.2, 0) is 5.41 Å². The summed E-state index contributed by atoms with van der Waals surface area (Å²) in [5.41, 5.74) is 2.94. The zero-order valence-corrected chi connectivity index (χ0v) is 16.3. The molecule has 28 heavy (non-hydrogen) atoms. The van der Waals surface area contributed by atoms with Crippen LogP contribution in [0.15, 0.2) is 30.3 Å². The van der Waals surface area contributed by atoms with Gasteiger partial charge >= 0.3 is 0 Å². The van der Waals surface area contributed by atoms with Gasteiger partial charge < -0.3 is 20.6 Å². The molecule has 1 aromatic heterocycles. The van der Waals surface area contributed by atoms with Crippen molar-refractivity contribution >= 4 is 5.82 Å². The third-order valence-corrected chi connectivity index (χ3v) is 6.93. The molecule has 0 unspecified atom stereocenters. The number of likely N-dealkylation sites (tertiary alicyclic amines) is 1. The third-order valence-electron chi connectivity index (χ3n) is 6.93. The van der Waals surface area contributed by atoms with Gasteiger partial charge in [-0.15, -0.1) is 10.2 Å². The average molecular weight is 380 g/mol. The highest BCUT2D eigenvalue weighted by Gasteiger charge is 2.43. The molecule has 3 N–H and O–H groups in total. The summed E-state index contributed by atoms with van der Waals surface area (Å²) in [5.74, 6) is 2.03. The van der Waals surface area contributed by atoms with Crippen LogP contribution in [0.5, 0.6) is 5.75 Å². The van der Waals surface area contributed by atoms with E-state index < -0.39 is 0 Å². The predicted molar refractivity (Wildman–Crippen MR) is 111 cm³/mol. The molecular formula is C22H29N5O. The molecule has 148 valence electrons. The molecule has 4 heterocycles. The maximum atomic E-state index is 10.2. The number of benzene rings is 1. The van der Waals surface area contributed by atoms with Crippen LogP contribution in [-0.4, -0.2) is 59.5 Å². The van der Waals surface area contributed by atoms with E-state index in [0.717, 1.165) is 55.5 Å². The number of hydrogen-bond acceptors (Lipinski definition) is 6. The van der Waals surface area contributed by atoms with Crippen molar-refractivity contribution in [3.8, 4) is 17.0 Å². The van der Waals surface area contributed by atoms with E-state index in [2.05, 4.69) is 31.8 Å². The number of aromatic hydroxyl groups is 1. The number of nitrogens with one attached hydrogen (secondary N) is 2. The Bertz CT molecular complexity index is 841. The quantitative estimate of drug-likeness (QED) is 0.761. The molecule has 5 rings (SSSR count). The van der Waals surface area contributed by atoms with Gasteiger partial charge in [0.05, 0.1) is 5.69 Å². The van der Waals surface area contributed by atoms with Gasteiger partial charge in [-0.1, -0.05) is 12.1 Å². The van der Waals surface area contributed by atoms with E-state index in [9.17, 15) is 5.11 Å². The molecule has 2 fully saturated rings. The maximum absolute atomic E-state index is 10.2. The molecule has 2 saturated heterocycles. The van der Waals surface area contributed by atoms with Gasteiger partial charge in [0.1, 0.15) is 5.75 Å². The molecule has 1 spiro atoms. The summed E-state index contributed by atoms with van der Waals surface area (Å²) in [6.45, 7) is 6.85. The zero-order valence-electron chi connectivity index (χ0n) is 16.3. The molecule has 0 aliphatic carbocycles. The molecule has 0 radical (unpaired) electrons. The van der Waals surface area contributed by atoms with E-state index in [1.54, 1.807) is 6.07 Å². The summed E-state index contributed by atoms with van der Waals surface area (Å²) in [4.78, 5) is 2.66. The Morgan fingerprint density at radius 2 is 1.89 bits per heavy atom. The third kappa shape index (κ3) is 3.25. The number of rotatable bonds is 3. The van der Waals surface area contributed by atoms with Gasteiger partial charge in [-0.3, -0.25) is 0 Å². The topological polar surface area (TPSA) is 73.3 Å². The molecule has 0 bridgehead atoms. The fourth-order valence-corrected chi connectivity index (χ4v) is 5.14. The number of hydrogen-bond donors (Lipinski definition) is 3. The molecule has 0 atom stereocenters. The lowest BCUT2D eigenvalue weighted by Crippen LogP contribution is -2.46. The molecule has 6 nitrogen and oxygen atoms in total. The Morgan fingerprint density at radius 3 is 2.68 bits per heavy atom. The lowest BCUT2D eigenvalue weighted by molar-refractivity contribution is 0.137. The van der Waals surface area contributed by atoms with Crippen molar-refractivity contribution in [1.82, 2.24) is 20.4 Å². The summed E-state index contributed by atoms with van der Waals surface area (Å²) in [6.07, 6.45) is 4.94. The van der Waals surface area contributed by atoms with Gasteiger partial charge in [0.2, 0.25) is 0 Å². The Morgan fingerprint density at radius 1 is 1.11 bits per heavy atom. The molecule has 1 aromatic carbocycles. The number of aromatic nitrogens is 2. The minimum absolute atomic E-state index is 0.148. The Labute approximate surface area is 166 Å². The predicted octanol–water partition coefficient (Wildman–Crippen LogP) is 2.61. The summed E-state index contributed by atoms with van der Waals surface area (Å²) < 4.78 is 0. The van der Waals surface area contributed by atoms with Crippen LogP contribution in [0.3, 0.4) is 0 Å². The van der Waals surface area contributed by atoms with Crippen molar-refractivity contribution in [2.45, 2.75) is 31.1 Å². The van der Waals surface area contributed by atoms with E-state index in [-0.39, 0.29) is 11.2 Å². The average Bonchev–Trinajstić information content (AvgIpc) is 3.09. The van der Waals surface area contributed by atoms with Crippen LogP contribution >= 0.6 is 0 Å². The Balaban J connectivity index is 1.33. The van der Waals surface area contributed by atoms with Crippen molar-refractivity contribution in [3.05, 3.63) is 35.9 Å². The largest absolute Gasteiger partial charge is 0.507 e. The first-order valence-corrected chi connectivity index (χ1v) is 10.6. The van der Waals surface area contributed by atoms with Gasteiger partial charge in [-0.2, -0.15) is 0 Å². The van der Waals surface area contributed by atoms with Crippen LogP contribution in [0, 0.1) is 5.92 Å². The smallest absolute Gasteiger partial charge is 0.152 e. The fourth-order valence-electron chi connectivity index (χ4n) is 5.14. The number of anilines is 1. The first-order valence-electron chi connectivity index (χ1n) is 10.6. The lowest BCUT2D eigenvalue weighted by Gasteiger charge is -2.41. The molecule has 2 aromatic rings. The summed E-state index contributed by atoms with van der Waals surface area (Å²) >= 11 is 0. The van der Waals surface area contributed by atoms with Crippen molar-refractivity contribution in [3.63, 3.8) is 0 Å². The molecule has 0 saturated carbocycles. The van der Waals surface area contributed by atoms with Gasteiger partial charge in [-0.05, 0) is 76.0 Å². The van der Waals surface area contributed by atoms with Crippen molar-refractivity contribution in [2.24, 2.45) is 5.92 Å². The number of fused-ring (bicyclic) bond motifs is 2. The Kier molecular flexibility index (Phi) is 4.69. The second-order valence-corrected chi connectivity index (χ2v) is 8.64. The van der Waals surface area contributed by atoms with Gasteiger partial charge in [0.25, 0.3) is 0 Å². The summed E-state index contributed by atoms with van der Waals surface area (Å²) in [6, 6.07) is 9.53. The van der Waals surface area contributed by atoms with Crippen molar-refractivity contribution in [1.29, 1.82) is 0 Å². The van der Waals surface area contributed by atoms with Crippen LogP contribution in [0.25, 0.3) is 11.3 Å². The minimum Gasteiger partial charge on any atom is -0.507 e. The summed E-state index contributed by atoms with van der Waals surface area (Å²) in [7, 11) is 0. The zero-order chi connectivity index (χ0) is 19.0. The number of nitrogens with zero attached hydrogens (tertiary/aromatic N) is 3. The number of phenolic OH excluding ortho intramolecular Hbond substituents is 1. The SMILES string of the molecule is Oc1ccccc1-c1cc2c(nn1)NCC21CCN(CC2CCNCC2)CC1. The molecule has 6 heteroatoms. The van der Waals surface area contributed by atoms with Gasteiger partial charge in [0, 0.05) is 29.6 Å². The molecule has 3 aliphatic heterocycles. The molecule has 3 aliphatic rings. The number of phenols is 1. The normalized spacial score (nSPS) is 22.1. The summed E-state index contributed by atoms with van der Waals surface area (Å²) in [5, 5.41) is 26.0. The van der Waals surface area contributed by atoms with E-state index >= 15 is 0 Å². The van der Waals surface area contributed by atoms with Crippen molar-refractivity contribution in [2.75, 3.05) is 44.6 Å². The number of piperidine rings is 2. The first-order chi connectivity index (χ1) is 13.7. The van der Waals surface area contributed by atoms with E-state index in [1.807, 2.05) is 18.2 Å². The number of para-hydroxylation sites is 1. The van der Waals surface area contributed by atoms with Crippen LogP contribution < -0.4 is 10.6 Å². The molecular weight excluding hydrogens is 350 g/mol. The second-order valence-electron chi connectivity index (χ2n) is 8.64. The van der Waals surface area contributed by atoms with E-state index in [0.29, 0.717) is 0 Å². The standard InChI is InChI=1S/C22H29N5O/c28-20-4-2-1-3-17(20)19-13-18-21(26-25-19)24-15-22(18)7-11-27(12-8-22)14-16-5-9-23-10-6-16/h1-4,13,16,23,28H,5-12,14-15H2,(H,24,26). The molecule has 0 amide bonds. The monoisotopic (exact) mass is 379 g/mol. The van der Waals surface area contributed by atoms with Crippen LogP contribution in [0.1, 0.15) is 31.2 Å². The van der Waals surface area contributed by atoms with Crippen molar-refractivity contribution < 1.29 is 5.11 Å². The van der Waals surface area contributed by atoms with Gasteiger partial charge in [-0.25, -0.2) is 0 Å². The first kappa shape index (κ1) is 17.9. The minimum atomic E-state index is 0.148.